The molecule has 0 spiro atoms. The second kappa shape index (κ2) is 4.34. The van der Waals surface area contributed by atoms with Gasteiger partial charge in [0.05, 0.1) is 0 Å². The third-order valence-corrected chi connectivity index (χ3v) is 4.35. The average molecular weight is 230 g/mol. The maximum Gasteiger partial charge on any atom is 0.0314 e. The van der Waals surface area contributed by atoms with Gasteiger partial charge in [0.2, 0.25) is 0 Å². The van der Waals surface area contributed by atoms with Gasteiger partial charge < -0.3 is 10.6 Å². The highest BCUT2D eigenvalue weighted by molar-refractivity contribution is 5.43. The van der Waals surface area contributed by atoms with Crippen LogP contribution in [0.1, 0.15) is 37.7 Å². The first-order chi connectivity index (χ1) is 8.28. The maximum atomic E-state index is 5.76. The molecule has 0 unspecified atom stereocenters. The highest BCUT2D eigenvalue weighted by atomic mass is 15.1. The van der Waals surface area contributed by atoms with Gasteiger partial charge in [0.25, 0.3) is 0 Å². The highest BCUT2D eigenvalue weighted by Gasteiger charge is 2.45. The van der Waals surface area contributed by atoms with Crippen LogP contribution < -0.4 is 5.73 Å². The van der Waals surface area contributed by atoms with E-state index in [1.807, 2.05) is 12.1 Å². The number of piperidine rings is 1. The van der Waals surface area contributed by atoms with Gasteiger partial charge in [0.1, 0.15) is 0 Å². The van der Waals surface area contributed by atoms with Gasteiger partial charge >= 0.3 is 0 Å². The Morgan fingerprint density at radius 2 is 1.65 bits per heavy atom. The molecular formula is C15H22N2. The van der Waals surface area contributed by atoms with Crippen LogP contribution >= 0.6 is 0 Å². The van der Waals surface area contributed by atoms with Crippen LogP contribution in [-0.2, 0) is 5.41 Å². The van der Waals surface area contributed by atoms with Gasteiger partial charge in [-0.25, -0.2) is 0 Å². The molecule has 3 rings (SSSR count). The average Bonchev–Trinajstić information content (AvgIpc) is 3.12. The number of nitrogens with zero attached hydrogens (tertiary/aromatic N) is 1. The summed E-state index contributed by atoms with van der Waals surface area (Å²) in [6.45, 7) is 3.87. The normalized spacial score (nSPS) is 23.5. The number of rotatable bonds is 3. The van der Waals surface area contributed by atoms with Crippen molar-refractivity contribution in [3.8, 4) is 0 Å². The molecule has 1 heterocycles. The summed E-state index contributed by atoms with van der Waals surface area (Å²) in [5.74, 6) is 0. The summed E-state index contributed by atoms with van der Waals surface area (Å²) < 4.78 is 0. The molecule has 2 N–H and O–H groups in total. The van der Waals surface area contributed by atoms with E-state index >= 15 is 0 Å². The van der Waals surface area contributed by atoms with E-state index in [9.17, 15) is 0 Å². The van der Waals surface area contributed by atoms with Crippen LogP contribution in [0.5, 0.6) is 0 Å². The molecule has 0 bridgehead atoms. The number of benzene rings is 1. The minimum absolute atomic E-state index is 0.463. The van der Waals surface area contributed by atoms with Crippen LogP contribution in [0.4, 0.5) is 5.69 Å². The third-order valence-electron chi connectivity index (χ3n) is 4.35. The van der Waals surface area contributed by atoms with Gasteiger partial charge in [-0.15, -0.1) is 0 Å². The second-order valence-electron chi connectivity index (χ2n) is 5.74. The van der Waals surface area contributed by atoms with E-state index in [0.29, 0.717) is 5.41 Å². The van der Waals surface area contributed by atoms with Crippen LogP contribution in [0.2, 0.25) is 0 Å². The first-order valence-electron chi connectivity index (χ1n) is 6.87. The number of nitrogens with two attached hydrogens (primary N) is 1. The predicted molar refractivity (Wildman–Crippen MR) is 72.1 cm³/mol. The monoisotopic (exact) mass is 230 g/mol. The Bertz CT molecular complexity index is 372. The SMILES string of the molecule is Nc1ccc(C2(CN3CCCCC3)CC2)cc1. The molecule has 0 radical (unpaired) electrons. The minimum Gasteiger partial charge on any atom is -0.399 e. The molecule has 0 aromatic heterocycles. The van der Waals surface area contributed by atoms with Crippen molar-refractivity contribution in [3.05, 3.63) is 29.8 Å². The number of likely N-dealkylation sites (tertiary alicyclic amines) is 1. The molecule has 1 aromatic rings. The molecule has 0 amide bonds. The fourth-order valence-corrected chi connectivity index (χ4v) is 3.07. The van der Waals surface area contributed by atoms with Gasteiger partial charge in [0.15, 0.2) is 0 Å². The van der Waals surface area contributed by atoms with Crippen LogP contribution in [0.15, 0.2) is 24.3 Å². The lowest BCUT2D eigenvalue weighted by molar-refractivity contribution is 0.209. The van der Waals surface area contributed by atoms with Crippen molar-refractivity contribution in [2.24, 2.45) is 0 Å². The molecule has 1 saturated carbocycles. The Labute approximate surface area is 104 Å². The predicted octanol–water partition coefficient (Wildman–Crippen LogP) is 2.79. The minimum atomic E-state index is 0.463. The number of hydrogen-bond acceptors (Lipinski definition) is 2. The fourth-order valence-electron chi connectivity index (χ4n) is 3.07. The lowest BCUT2D eigenvalue weighted by Crippen LogP contribution is -2.36. The van der Waals surface area contributed by atoms with Crippen molar-refractivity contribution >= 4 is 5.69 Å². The molecule has 2 fully saturated rings. The zero-order chi connectivity index (χ0) is 11.7. The van der Waals surface area contributed by atoms with Crippen molar-refractivity contribution in [3.63, 3.8) is 0 Å². The van der Waals surface area contributed by atoms with Crippen molar-refractivity contribution in [1.82, 2.24) is 4.90 Å². The van der Waals surface area contributed by atoms with Crippen molar-refractivity contribution in [2.75, 3.05) is 25.4 Å². The van der Waals surface area contributed by atoms with E-state index in [2.05, 4.69) is 17.0 Å². The van der Waals surface area contributed by atoms with E-state index in [1.165, 1.54) is 57.3 Å². The Balaban J connectivity index is 1.70. The summed E-state index contributed by atoms with van der Waals surface area (Å²) in [5.41, 5.74) is 8.60. The van der Waals surface area contributed by atoms with Gasteiger partial charge in [-0.2, -0.15) is 0 Å². The largest absolute Gasteiger partial charge is 0.399 e. The molecule has 2 heteroatoms. The molecular weight excluding hydrogens is 208 g/mol. The van der Waals surface area contributed by atoms with Crippen molar-refractivity contribution in [1.29, 1.82) is 0 Å². The van der Waals surface area contributed by atoms with E-state index in [-0.39, 0.29) is 0 Å². The summed E-state index contributed by atoms with van der Waals surface area (Å²) in [6.07, 6.45) is 6.90. The second-order valence-corrected chi connectivity index (χ2v) is 5.74. The molecule has 1 saturated heterocycles. The van der Waals surface area contributed by atoms with Gasteiger partial charge in [-0.3, -0.25) is 0 Å². The smallest absolute Gasteiger partial charge is 0.0314 e. The standard InChI is InChI=1S/C15H22N2/c16-14-6-4-13(5-7-14)15(8-9-15)12-17-10-2-1-3-11-17/h4-7H,1-3,8-12,16H2. The molecule has 2 nitrogen and oxygen atoms in total. The molecule has 1 aliphatic heterocycles. The van der Waals surface area contributed by atoms with Crippen molar-refractivity contribution in [2.45, 2.75) is 37.5 Å². The lowest BCUT2D eigenvalue weighted by atomic mass is 9.94. The molecule has 92 valence electrons. The van der Waals surface area contributed by atoms with E-state index in [4.69, 9.17) is 5.73 Å². The molecule has 17 heavy (non-hydrogen) atoms. The van der Waals surface area contributed by atoms with Crippen LogP contribution in [0.25, 0.3) is 0 Å². The molecule has 2 aliphatic rings. The molecule has 1 aliphatic carbocycles. The number of nitrogen functional groups attached to an aromatic ring is 1. The summed E-state index contributed by atoms with van der Waals surface area (Å²) in [5, 5.41) is 0. The van der Waals surface area contributed by atoms with Crippen LogP contribution in [0, 0.1) is 0 Å². The summed E-state index contributed by atoms with van der Waals surface area (Å²) in [7, 11) is 0. The Morgan fingerprint density at radius 3 is 2.24 bits per heavy atom. The summed E-state index contributed by atoms with van der Waals surface area (Å²) in [6, 6.07) is 8.55. The zero-order valence-corrected chi connectivity index (χ0v) is 10.5. The van der Waals surface area contributed by atoms with Crippen molar-refractivity contribution < 1.29 is 0 Å². The van der Waals surface area contributed by atoms with E-state index < -0.39 is 0 Å². The topological polar surface area (TPSA) is 29.3 Å². The maximum absolute atomic E-state index is 5.76. The Kier molecular flexibility index (Phi) is 2.83. The van der Waals surface area contributed by atoms with Crippen LogP contribution in [-0.4, -0.2) is 24.5 Å². The first-order valence-corrected chi connectivity index (χ1v) is 6.87. The highest BCUT2D eigenvalue weighted by Crippen LogP contribution is 2.49. The quantitative estimate of drug-likeness (QED) is 0.809. The van der Waals surface area contributed by atoms with E-state index in [0.717, 1.165) is 5.69 Å². The number of anilines is 1. The van der Waals surface area contributed by atoms with Gasteiger partial charge in [0, 0.05) is 17.6 Å². The fraction of sp³-hybridized carbons (Fsp3) is 0.600. The van der Waals surface area contributed by atoms with Crippen LogP contribution in [0.3, 0.4) is 0 Å². The third kappa shape index (κ3) is 2.32. The molecule has 0 atom stereocenters. The Hall–Kier alpha value is -1.02. The first kappa shape index (κ1) is 11.1. The van der Waals surface area contributed by atoms with Gasteiger partial charge in [-0.1, -0.05) is 18.6 Å². The van der Waals surface area contributed by atoms with E-state index in [1.54, 1.807) is 0 Å². The summed E-state index contributed by atoms with van der Waals surface area (Å²) in [4.78, 5) is 2.66. The number of hydrogen-bond donors (Lipinski definition) is 1. The summed E-state index contributed by atoms with van der Waals surface area (Å²) >= 11 is 0. The van der Waals surface area contributed by atoms with Gasteiger partial charge in [-0.05, 0) is 56.5 Å². The molecule has 1 aromatic carbocycles. The Morgan fingerprint density at radius 1 is 1.00 bits per heavy atom. The lowest BCUT2D eigenvalue weighted by Gasteiger charge is -2.30. The zero-order valence-electron chi connectivity index (χ0n) is 10.5.